The van der Waals surface area contributed by atoms with Gasteiger partial charge in [-0.05, 0) is 6.07 Å². The number of hydrogen-bond acceptors (Lipinski definition) is 4. The van der Waals surface area contributed by atoms with Crippen molar-refractivity contribution >= 4 is 35.0 Å². The van der Waals surface area contributed by atoms with Crippen LogP contribution >= 0.6 is 23.2 Å². The highest BCUT2D eigenvalue weighted by atomic mass is 35.5. The van der Waals surface area contributed by atoms with Crippen LogP contribution in [0.5, 0.6) is 0 Å². The van der Waals surface area contributed by atoms with Gasteiger partial charge in [0.15, 0.2) is 0 Å². The Morgan fingerprint density at radius 1 is 1.45 bits per heavy atom. The zero-order valence-electron chi connectivity index (χ0n) is 11.2. The van der Waals surface area contributed by atoms with Gasteiger partial charge in [0, 0.05) is 26.9 Å². The van der Waals surface area contributed by atoms with Gasteiger partial charge in [0.1, 0.15) is 5.15 Å². The number of ether oxygens (including phenoxy) is 1. The summed E-state index contributed by atoms with van der Waals surface area (Å²) in [5, 5.41) is 2.97. The second kappa shape index (κ2) is 8.04. The Kier molecular flexibility index (Phi) is 6.70. The van der Waals surface area contributed by atoms with E-state index in [-0.39, 0.29) is 28.2 Å². The predicted molar refractivity (Wildman–Crippen MR) is 76.1 cm³/mol. The fourth-order valence-electron chi connectivity index (χ4n) is 1.42. The minimum Gasteiger partial charge on any atom is -0.383 e. The van der Waals surface area contributed by atoms with E-state index in [0.29, 0.717) is 13.2 Å². The highest BCUT2D eigenvalue weighted by Crippen LogP contribution is 2.19. The molecule has 8 heteroatoms. The van der Waals surface area contributed by atoms with Gasteiger partial charge < -0.3 is 15.0 Å². The smallest absolute Gasteiger partial charge is 0.255 e. The molecule has 1 aromatic rings. The lowest BCUT2D eigenvalue weighted by atomic mass is 10.2. The van der Waals surface area contributed by atoms with E-state index in [9.17, 15) is 9.59 Å². The molecular formula is C12H15Cl2N3O3. The molecule has 1 N–H and O–H groups in total. The number of amides is 2. The Morgan fingerprint density at radius 2 is 2.15 bits per heavy atom. The predicted octanol–water partition coefficient (Wildman–Crippen LogP) is 1.22. The Bertz CT molecular complexity index is 497. The number of nitrogens with one attached hydrogen (secondary N) is 1. The zero-order valence-corrected chi connectivity index (χ0v) is 12.7. The lowest BCUT2D eigenvalue weighted by Gasteiger charge is -2.17. The van der Waals surface area contributed by atoms with E-state index in [2.05, 4.69) is 10.3 Å². The van der Waals surface area contributed by atoms with Crippen molar-refractivity contribution in [3.63, 3.8) is 0 Å². The third-order valence-corrected chi connectivity index (χ3v) is 2.92. The van der Waals surface area contributed by atoms with Gasteiger partial charge in [-0.1, -0.05) is 23.2 Å². The summed E-state index contributed by atoms with van der Waals surface area (Å²) >= 11 is 11.6. The molecule has 0 saturated heterocycles. The van der Waals surface area contributed by atoms with E-state index >= 15 is 0 Å². The van der Waals surface area contributed by atoms with Gasteiger partial charge in [0.05, 0.1) is 23.7 Å². The number of halogens is 2. The van der Waals surface area contributed by atoms with E-state index in [4.69, 9.17) is 27.9 Å². The number of aromatic nitrogens is 1. The molecule has 0 aliphatic carbocycles. The maximum atomic E-state index is 12.1. The second-order valence-corrected chi connectivity index (χ2v) is 4.79. The fourth-order valence-corrected chi connectivity index (χ4v) is 1.76. The molecule has 0 spiro atoms. The van der Waals surface area contributed by atoms with E-state index in [1.54, 1.807) is 0 Å². The van der Waals surface area contributed by atoms with Gasteiger partial charge in [-0.15, -0.1) is 0 Å². The van der Waals surface area contributed by atoms with Crippen molar-refractivity contribution in [2.75, 3.05) is 33.9 Å². The molecule has 6 nitrogen and oxygen atoms in total. The Labute approximate surface area is 127 Å². The number of likely N-dealkylation sites (N-methyl/N-ethyl adjacent to an activating group) is 1. The van der Waals surface area contributed by atoms with Crippen LogP contribution in [0.3, 0.4) is 0 Å². The molecule has 110 valence electrons. The average Bonchev–Trinajstić information content (AvgIpc) is 2.41. The molecule has 20 heavy (non-hydrogen) atoms. The topological polar surface area (TPSA) is 71.5 Å². The van der Waals surface area contributed by atoms with E-state index < -0.39 is 5.91 Å². The van der Waals surface area contributed by atoms with Gasteiger partial charge in [0.25, 0.3) is 5.91 Å². The molecule has 1 heterocycles. The molecule has 1 aromatic heterocycles. The van der Waals surface area contributed by atoms with E-state index in [1.165, 1.54) is 31.3 Å². The summed E-state index contributed by atoms with van der Waals surface area (Å²) in [5.41, 5.74) is 0.207. The normalized spacial score (nSPS) is 10.2. The minimum atomic E-state index is -0.402. The maximum Gasteiger partial charge on any atom is 0.255 e. The highest BCUT2D eigenvalue weighted by Gasteiger charge is 2.18. The van der Waals surface area contributed by atoms with Gasteiger partial charge in [-0.3, -0.25) is 9.59 Å². The molecule has 0 unspecified atom stereocenters. The van der Waals surface area contributed by atoms with Crippen LogP contribution in [0, 0.1) is 0 Å². The van der Waals surface area contributed by atoms with Crippen molar-refractivity contribution in [2.24, 2.45) is 0 Å². The van der Waals surface area contributed by atoms with Crippen LogP contribution in [-0.2, 0) is 9.53 Å². The summed E-state index contributed by atoms with van der Waals surface area (Å²) in [6.07, 6.45) is 1.30. The van der Waals surface area contributed by atoms with Gasteiger partial charge in [-0.2, -0.15) is 0 Å². The SMILES string of the molecule is COCCNC(=O)CN(C)C(=O)c1cc(Cl)ncc1Cl. The lowest BCUT2D eigenvalue weighted by molar-refractivity contribution is -0.121. The first-order valence-electron chi connectivity index (χ1n) is 5.78. The summed E-state index contributed by atoms with van der Waals surface area (Å²) < 4.78 is 4.81. The third kappa shape index (κ3) is 4.96. The molecular weight excluding hydrogens is 305 g/mol. The fraction of sp³-hybridized carbons (Fsp3) is 0.417. The number of pyridine rings is 1. The van der Waals surface area contributed by atoms with Crippen LogP contribution in [0.4, 0.5) is 0 Å². The van der Waals surface area contributed by atoms with Gasteiger partial charge in [0.2, 0.25) is 5.91 Å². The van der Waals surface area contributed by atoms with Crippen LogP contribution in [0.15, 0.2) is 12.3 Å². The van der Waals surface area contributed by atoms with Crippen LogP contribution in [0.1, 0.15) is 10.4 Å². The van der Waals surface area contributed by atoms with Crippen LogP contribution in [-0.4, -0.2) is 55.6 Å². The van der Waals surface area contributed by atoms with Crippen LogP contribution < -0.4 is 5.32 Å². The third-order valence-electron chi connectivity index (χ3n) is 2.41. The van der Waals surface area contributed by atoms with Crippen molar-refractivity contribution in [3.8, 4) is 0 Å². The quantitative estimate of drug-likeness (QED) is 0.632. The van der Waals surface area contributed by atoms with E-state index in [0.717, 1.165) is 0 Å². The van der Waals surface area contributed by atoms with Crippen molar-refractivity contribution in [3.05, 3.63) is 28.0 Å². The molecule has 0 saturated carbocycles. The number of nitrogens with zero attached hydrogens (tertiary/aromatic N) is 2. The number of carbonyl (C=O) groups is 2. The zero-order chi connectivity index (χ0) is 15.1. The Balaban J connectivity index is 2.62. The summed E-state index contributed by atoms with van der Waals surface area (Å²) in [6, 6.07) is 1.37. The molecule has 0 aliphatic heterocycles. The van der Waals surface area contributed by atoms with E-state index in [1.807, 2.05) is 0 Å². The Hall–Kier alpha value is -1.37. The number of rotatable bonds is 6. The second-order valence-electron chi connectivity index (χ2n) is 3.99. The molecule has 0 aromatic carbocycles. The first-order chi connectivity index (χ1) is 9.45. The number of hydrogen-bond donors (Lipinski definition) is 1. The maximum absolute atomic E-state index is 12.1. The average molecular weight is 320 g/mol. The molecule has 0 atom stereocenters. The van der Waals surface area contributed by atoms with Crippen molar-refractivity contribution < 1.29 is 14.3 Å². The monoisotopic (exact) mass is 319 g/mol. The molecule has 0 bridgehead atoms. The minimum absolute atomic E-state index is 0.0845. The molecule has 0 aliphatic rings. The van der Waals surface area contributed by atoms with Crippen molar-refractivity contribution in [1.82, 2.24) is 15.2 Å². The number of methoxy groups -OCH3 is 1. The first-order valence-corrected chi connectivity index (χ1v) is 6.53. The number of carbonyl (C=O) groups excluding carboxylic acids is 2. The van der Waals surface area contributed by atoms with Crippen LogP contribution in [0.2, 0.25) is 10.2 Å². The molecule has 1 rings (SSSR count). The molecule has 0 fully saturated rings. The van der Waals surface area contributed by atoms with Crippen molar-refractivity contribution in [2.45, 2.75) is 0 Å². The summed E-state index contributed by atoms with van der Waals surface area (Å²) in [6.45, 7) is 0.715. The van der Waals surface area contributed by atoms with Gasteiger partial charge >= 0.3 is 0 Å². The highest BCUT2D eigenvalue weighted by molar-refractivity contribution is 6.35. The van der Waals surface area contributed by atoms with Crippen LogP contribution in [0.25, 0.3) is 0 Å². The molecule has 2 amide bonds. The largest absolute Gasteiger partial charge is 0.383 e. The van der Waals surface area contributed by atoms with Crippen molar-refractivity contribution in [1.29, 1.82) is 0 Å². The summed E-state index contributed by atoms with van der Waals surface area (Å²) in [5.74, 6) is -0.685. The first kappa shape index (κ1) is 16.7. The molecule has 0 radical (unpaired) electrons. The Morgan fingerprint density at radius 3 is 2.80 bits per heavy atom. The standard InChI is InChI=1S/C12H15Cl2N3O3/c1-17(7-11(18)15-3-4-20-2)12(19)8-5-10(14)16-6-9(8)13/h5-6H,3-4,7H2,1-2H3,(H,15,18). The summed E-state index contributed by atoms with van der Waals surface area (Å²) in [7, 11) is 3.04. The van der Waals surface area contributed by atoms with Gasteiger partial charge in [-0.25, -0.2) is 4.98 Å². The lowest BCUT2D eigenvalue weighted by Crippen LogP contribution is -2.39. The summed E-state index contributed by atoms with van der Waals surface area (Å²) in [4.78, 5) is 28.7.